The topological polar surface area (TPSA) is 44.8 Å². The van der Waals surface area contributed by atoms with Crippen LogP contribution >= 0.6 is 0 Å². The summed E-state index contributed by atoms with van der Waals surface area (Å²) in [5, 5.41) is 6.85. The third-order valence-corrected chi connectivity index (χ3v) is 3.67. The number of nitrogens with zero attached hydrogens (tertiary/aromatic N) is 2. The van der Waals surface area contributed by atoms with Crippen LogP contribution < -0.4 is 10.1 Å². The van der Waals surface area contributed by atoms with Gasteiger partial charge < -0.3 is 15.1 Å². The predicted octanol–water partition coefficient (Wildman–Crippen LogP) is 2.62. The number of hydrogen-bond acceptors (Lipinski definition) is 4. The van der Waals surface area contributed by atoms with Gasteiger partial charge >= 0.3 is 6.18 Å². The predicted molar refractivity (Wildman–Crippen MR) is 87.7 cm³/mol. The van der Waals surface area contributed by atoms with Crippen LogP contribution in [0.25, 0.3) is 0 Å². The molecule has 25 heavy (non-hydrogen) atoms. The van der Waals surface area contributed by atoms with Crippen LogP contribution in [-0.4, -0.2) is 48.3 Å². The minimum atomic E-state index is -4.35. The van der Waals surface area contributed by atoms with Crippen LogP contribution in [0.5, 0.6) is 5.75 Å². The van der Waals surface area contributed by atoms with Crippen molar-refractivity contribution in [3.63, 3.8) is 0 Å². The second-order valence-corrected chi connectivity index (χ2v) is 5.88. The van der Waals surface area contributed by atoms with Crippen molar-refractivity contribution in [2.75, 3.05) is 26.2 Å². The van der Waals surface area contributed by atoms with Gasteiger partial charge in [-0.15, -0.1) is 0 Å². The van der Waals surface area contributed by atoms with Gasteiger partial charge in [-0.1, -0.05) is 18.2 Å². The Balaban J connectivity index is 1.91. The summed E-state index contributed by atoms with van der Waals surface area (Å²) in [7, 11) is 0. The molecule has 0 aliphatic carbocycles. The Bertz CT molecular complexity index is 632. The molecular weight excluding hydrogens is 335 g/mol. The van der Waals surface area contributed by atoms with Crippen molar-refractivity contribution in [2.45, 2.75) is 26.6 Å². The Morgan fingerprint density at radius 3 is 2.76 bits per heavy atom. The first kappa shape index (κ1) is 19.1. The molecule has 1 aromatic carbocycles. The van der Waals surface area contributed by atoms with E-state index >= 15 is 0 Å². The van der Waals surface area contributed by atoms with Gasteiger partial charge in [0.1, 0.15) is 5.75 Å². The zero-order chi connectivity index (χ0) is 18.4. The number of hydrogen-bond donors (Lipinski definition) is 1. The molecule has 0 spiro atoms. The Labute approximate surface area is 145 Å². The zero-order valence-corrected chi connectivity index (χ0v) is 14.3. The van der Waals surface area contributed by atoms with E-state index in [1.807, 2.05) is 23.4 Å². The number of amides is 1. The summed E-state index contributed by atoms with van der Waals surface area (Å²) in [5.41, 5.74) is 1.64. The third-order valence-electron chi connectivity index (χ3n) is 3.67. The smallest absolute Gasteiger partial charge is 0.422 e. The van der Waals surface area contributed by atoms with Crippen LogP contribution in [0, 0.1) is 6.92 Å². The molecule has 0 radical (unpaired) electrons. The highest BCUT2D eigenvalue weighted by Crippen LogP contribution is 2.24. The van der Waals surface area contributed by atoms with Crippen molar-refractivity contribution in [1.82, 2.24) is 15.3 Å². The van der Waals surface area contributed by atoms with Crippen LogP contribution in [0.1, 0.15) is 18.1 Å². The summed E-state index contributed by atoms with van der Waals surface area (Å²) in [6.07, 6.45) is -0.377. The average molecular weight is 357 g/mol. The van der Waals surface area contributed by atoms with Crippen molar-refractivity contribution >= 4 is 5.91 Å². The summed E-state index contributed by atoms with van der Waals surface area (Å²) < 4.78 is 41.6. The highest BCUT2D eigenvalue weighted by molar-refractivity contribution is 5.72. The molecule has 1 aliphatic rings. The molecule has 1 heterocycles. The van der Waals surface area contributed by atoms with Gasteiger partial charge in [-0.2, -0.15) is 13.2 Å². The van der Waals surface area contributed by atoms with Gasteiger partial charge in [0.05, 0.1) is 6.54 Å². The van der Waals surface area contributed by atoms with Crippen molar-refractivity contribution < 1.29 is 22.7 Å². The molecule has 0 bridgehead atoms. The number of benzene rings is 1. The fraction of sp³-hybridized carbons (Fsp3) is 0.471. The van der Waals surface area contributed by atoms with Gasteiger partial charge in [-0.3, -0.25) is 4.79 Å². The van der Waals surface area contributed by atoms with Gasteiger partial charge in [-0.05, 0) is 24.1 Å². The minimum absolute atomic E-state index is 0.0696. The fourth-order valence-corrected chi connectivity index (χ4v) is 2.55. The molecule has 1 amide bonds. The Hall–Kier alpha value is -2.22. The lowest BCUT2D eigenvalue weighted by atomic mass is 10.1. The van der Waals surface area contributed by atoms with Crippen molar-refractivity contribution in [2.24, 2.45) is 0 Å². The lowest BCUT2D eigenvalue weighted by Crippen LogP contribution is -2.39. The molecule has 0 fully saturated rings. The summed E-state index contributed by atoms with van der Waals surface area (Å²) in [6, 6.07) is 5.17. The summed E-state index contributed by atoms with van der Waals surface area (Å²) in [4.78, 5) is 10.9. The summed E-state index contributed by atoms with van der Waals surface area (Å²) in [6.45, 7) is 4.47. The Kier molecular flexibility index (Phi) is 6.30. The number of ether oxygens (including phenoxy) is 1. The standard InChI is InChI=1S/C17H22F3N3O2/c1-13-10-15(4-5-16(13)25-12-17(18,19)20)11-23-8-3-7-22(23)9-6-21-14(2)24/h3-5,7,10H,6,8-9,11-12H2,1-2H3,(H,21,24). The third kappa shape index (κ3) is 6.30. The highest BCUT2D eigenvalue weighted by atomic mass is 19.4. The van der Waals surface area contributed by atoms with Crippen LogP contribution in [-0.2, 0) is 11.3 Å². The molecule has 138 valence electrons. The number of halogens is 3. The van der Waals surface area contributed by atoms with Crippen molar-refractivity contribution in [3.8, 4) is 5.75 Å². The number of carbonyl (C=O) groups is 1. The summed E-state index contributed by atoms with van der Waals surface area (Å²) >= 11 is 0. The maximum absolute atomic E-state index is 12.2. The van der Waals surface area contributed by atoms with Gasteiger partial charge in [0, 0.05) is 32.8 Å². The van der Waals surface area contributed by atoms with Crippen LogP contribution in [0.4, 0.5) is 13.2 Å². The number of rotatable bonds is 7. The molecule has 1 aliphatic heterocycles. The van der Waals surface area contributed by atoms with Crippen molar-refractivity contribution in [3.05, 3.63) is 41.6 Å². The molecule has 8 heteroatoms. The quantitative estimate of drug-likeness (QED) is 0.815. The number of alkyl halides is 3. The van der Waals surface area contributed by atoms with Crippen LogP contribution in [0.3, 0.4) is 0 Å². The number of nitrogens with one attached hydrogen (secondary N) is 1. The molecule has 5 nitrogen and oxygen atoms in total. The van der Waals surface area contributed by atoms with Gasteiger partial charge in [0.2, 0.25) is 5.91 Å². The monoisotopic (exact) mass is 357 g/mol. The second kappa shape index (κ2) is 8.24. The Morgan fingerprint density at radius 1 is 1.36 bits per heavy atom. The van der Waals surface area contributed by atoms with Crippen molar-refractivity contribution in [1.29, 1.82) is 0 Å². The SMILES string of the molecule is CC(=O)NCCN1C=CCN1Cc1ccc(OCC(F)(F)F)c(C)c1. The van der Waals surface area contributed by atoms with E-state index in [4.69, 9.17) is 4.74 Å². The minimum Gasteiger partial charge on any atom is -0.484 e. The van der Waals surface area contributed by atoms with Crippen LogP contribution in [0.2, 0.25) is 0 Å². The fourth-order valence-electron chi connectivity index (χ4n) is 2.55. The van der Waals surface area contributed by atoms with E-state index in [9.17, 15) is 18.0 Å². The Morgan fingerprint density at radius 2 is 2.12 bits per heavy atom. The summed E-state index contributed by atoms with van der Waals surface area (Å²) in [5.74, 6) is 0.169. The van der Waals surface area contributed by atoms with E-state index in [0.29, 0.717) is 25.2 Å². The molecule has 0 atom stereocenters. The first-order valence-corrected chi connectivity index (χ1v) is 7.96. The zero-order valence-electron chi connectivity index (χ0n) is 14.3. The molecule has 1 aromatic rings. The number of aryl methyl sites for hydroxylation is 1. The van der Waals surface area contributed by atoms with E-state index in [0.717, 1.165) is 12.1 Å². The molecular formula is C17H22F3N3O2. The van der Waals surface area contributed by atoms with E-state index in [1.54, 1.807) is 19.1 Å². The lowest BCUT2D eigenvalue weighted by molar-refractivity contribution is -0.153. The molecule has 0 unspecified atom stereocenters. The maximum atomic E-state index is 12.2. The average Bonchev–Trinajstić information content (AvgIpc) is 2.92. The highest BCUT2D eigenvalue weighted by Gasteiger charge is 2.28. The molecule has 0 saturated carbocycles. The van der Waals surface area contributed by atoms with E-state index < -0.39 is 12.8 Å². The van der Waals surface area contributed by atoms with Gasteiger partial charge in [0.15, 0.2) is 6.61 Å². The number of hydrazine groups is 1. The molecule has 0 saturated heterocycles. The molecule has 2 rings (SSSR count). The van der Waals surface area contributed by atoms with Gasteiger partial charge in [0.25, 0.3) is 0 Å². The van der Waals surface area contributed by atoms with E-state index in [1.165, 1.54) is 6.92 Å². The van der Waals surface area contributed by atoms with E-state index in [2.05, 4.69) is 10.3 Å². The lowest BCUT2D eigenvalue weighted by Gasteiger charge is -2.29. The first-order valence-electron chi connectivity index (χ1n) is 7.96. The number of carbonyl (C=O) groups excluding carboxylic acids is 1. The van der Waals surface area contributed by atoms with E-state index in [-0.39, 0.29) is 11.7 Å². The maximum Gasteiger partial charge on any atom is 0.422 e. The molecule has 0 aromatic heterocycles. The largest absolute Gasteiger partial charge is 0.484 e. The first-order chi connectivity index (χ1) is 11.7. The normalized spacial score (nSPS) is 14.8. The van der Waals surface area contributed by atoms with Gasteiger partial charge in [-0.25, -0.2) is 5.01 Å². The van der Waals surface area contributed by atoms with Crippen LogP contribution in [0.15, 0.2) is 30.5 Å². The second-order valence-electron chi connectivity index (χ2n) is 5.88. The molecule has 1 N–H and O–H groups in total.